The summed E-state index contributed by atoms with van der Waals surface area (Å²) in [6.45, 7) is 2.02. The Hall–Kier alpha value is -1.91. The molecule has 0 radical (unpaired) electrons. The minimum Gasteiger partial charge on any atom is -0.358 e. The molecule has 0 saturated heterocycles. The molecule has 1 fully saturated rings. The smallest absolute Gasteiger partial charge is 0.342 e. The molecular formula is C14H19N3O2. The van der Waals surface area contributed by atoms with Gasteiger partial charge in [0.1, 0.15) is 6.20 Å². The SMILES string of the molecule is C/C(C=C1CCCCC1)=C\c1ncc([N+](=O)[O-])n1C. The number of hydrogen-bond donors (Lipinski definition) is 0. The van der Waals surface area contributed by atoms with E-state index in [1.54, 1.807) is 7.05 Å². The molecule has 0 aliphatic heterocycles. The molecule has 0 atom stereocenters. The van der Waals surface area contributed by atoms with E-state index in [0.717, 1.165) is 5.57 Å². The lowest BCUT2D eigenvalue weighted by molar-refractivity contribution is -0.391. The first-order valence-electron chi connectivity index (χ1n) is 6.62. The predicted octanol–water partition coefficient (Wildman–Crippen LogP) is 3.62. The number of aromatic nitrogens is 2. The minimum absolute atomic E-state index is 0.0179. The van der Waals surface area contributed by atoms with Gasteiger partial charge < -0.3 is 10.1 Å². The Bertz CT molecular complexity index is 533. The predicted molar refractivity (Wildman–Crippen MR) is 74.7 cm³/mol. The van der Waals surface area contributed by atoms with Crippen molar-refractivity contribution in [1.82, 2.24) is 9.55 Å². The molecule has 19 heavy (non-hydrogen) atoms. The van der Waals surface area contributed by atoms with Gasteiger partial charge in [-0.1, -0.05) is 18.1 Å². The first-order valence-corrected chi connectivity index (χ1v) is 6.62. The quantitative estimate of drug-likeness (QED) is 0.616. The van der Waals surface area contributed by atoms with Gasteiger partial charge in [0.05, 0.1) is 7.05 Å². The zero-order chi connectivity index (χ0) is 13.8. The third-order valence-corrected chi connectivity index (χ3v) is 3.47. The van der Waals surface area contributed by atoms with E-state index in [2.05, 4.69) is 11.1 Å². The van der Waals surface area contributed by atoms with Crippen molar-refractivity contribution in [3.63, 3.8) is 0 Å². The van der Waals surface area contributed by atoms with Crippen molar-refractivity contribution in [2.45, 2.75) is 39.0 Å². The molecule has 2 rings (SSSR count). The lowest BCUT2D eigenvalue weighted by Gasteiger charge is -2.13. The highest BCUT2D eigenvalue weighted by Gasteiger charge is 2.14. The third kappa shape index (κ3) is 3.30. The van der Waals surface area contributed by atoms with Crippen molar-refractivity contribution in [2.75, 3.05) is 0 Å². The van der Waals surface area contributed by atoms with Gasteiger partial charge in [-0.05, 0) is 43.1 Å². The maximum absolute atomic E-state index is 10.7. The number of rotatable bonds is 3. The second kappa shape index (κ2) is 5.82. The average Bonchev–Trinajstić information content (AvgIpc) is 2.72. The highest BCUT2D eigenvalue weighted by molar-refractivity contribution is 5.51. The number of imidazole rings is 1. The van der Waals surface area contributed by atoms with Gasteiger partial charge in [0.15, 0.2) is 0 Å². The molecule has 0 unspecified atom stereocenters. The first kappa shape index (κ1) is 13.5. The third-order valence-electron chi connectivity index (χ3n) is 3.47. The van der Waals surface area contributed by atoms with Crippen LogP contribution >= 0.6 is 0 Å². The highest BCUT2D eigenvalue weighted by Crippen LogP contribution is 2.24. The van der Waals surface area contributed by atoms with Gasteiger partial charge in [-0.3, -0.25) is 0 Å². The molecule has 1 aromatic rings. The largest absolute Gasteiger partial charge is 0.358 e. The summed E-state index contributed by atoms with van der Waals surface area (Å²) in [5, 5.41) is 10.7. The molecule has 0 amide bonds. The van der Waals surface area contributed by atoms with Crippen molar-refractivity contribution in [3.8, 4) is 0 Å². The van der Waals surface area contributed by atoms with Crippen molar-refractivity contribution < 1.29 is 4.92 Å². The fourth-order valence-electron chi connectivity index (χ4n) is 2.44. The van der Waals surface area contributed by atoms with Crippen LogP contribution in [0.2, 0.25) is 0 Å². The van der Waals surface area contributed by atoms with Gasteiger partial charge in [0.25, 0.3) is 0 Å². The molecule has 0 aromatic carbocycles. The van der Waals surface area contributed by atoms with Crippen molar-refractivity contribution in [2.24, 2.45) is 7.05 Å². The van der Waals surface area contributed by atoms with Crippen molar-refractivity contribution in [1.29, 1.82) is 0 Å². The molecule has 0 N–H and O–H groups in total. The van der Waals surface area contributed by atoms with Crippen molar-refractivity contribution >= 4 is 11.9 Å². The zero-order valence-electron chi connectivity index (χ0n) is 11.4. The van der Waals surface area contributed by atoms with Gasteiger partial charge in [0, 0.05) is 6.08 Å². The van der Waals surface area contributed by atoms with Crippen LogP contribution < -0.4 is 0 Å². The fourth-order valence-corrected chi connectivity index (χ4v) is 2.44. The molecular weight excluding hydrogens is 242 g/mol. The minimum atomic E-state index is -0.417. The summed E-state index contributed by atoms with van der Waals surface area (Å²) in [4.78, 5) is 14.4. The van der Waals surface area contributed by atoms with Gasteiger partial charge in [-0.15, -0.1) is 0 Å². The standard InChI is InChI=1S/C14H19N3O2/c1-11(8-12-6-4-3-5-7-12)9-13-15-10-14(16(13)2)17(18)19/h8-10H,3-7H2,1-2H3/b11-9+. The molecule has 1 saturated carbocycles. The van der Waals surface area contributed by atoms with E-state index in [0.29, 0.717) is 5.82 Å². The Kier molecular flexibility index (Phi) is 4.14. The Morgan fingerprint density at radius 2 is 2.11 bits per heavy atom. The van der Waals surface area contributed by atoms with E-state index >= 15 is 0 Å². The Morgan fingerprint density at radius 1 is 1.42 bits per heavy atom. The van der Waals surface area contributed by atoms with Gasteiger partial charge in [-0.2, -0.15) is 0 Å². The lowest BCUT2D eigenvalue weighted by atomic mass is 9.93. The Morgan fingerprint density at radius 3 is 2.68 bits per heavy atom. The van der Waals surface area contributed by atoms with Crippen LogP contribution in [0.25, 0.3) is 6.08 Å². The van der Waals surface area contributed by atoms with Crippen LogP contribution in [0.3, 0.4) is 0 Å². The Labute approximate surface area is 112 Å². The second-order valence-corrected chi connectivity index (χ2v) is 5.04. The van der Waals surface area contributed by atoms with Crippen LogP contribution in [-0.4, -0.2) is 14.5 Å². The number of nitrogens with zero attached hydrogens (tertiary/aromatic N) is 3. The summed E-state index contributed by atoms with van der Waals surface area (Å²) in [7, 11) is 1.66. The van der Waals surface area contributed by atoms with Crippen LogP contribution in [0.15, 0.2) is 23.4 Å². The monoisotopic (exact) mass is 261 g/mol. The number of hydrogen-bond acceptors (Lipinski definition) is 3. The molecule has 0 bridgehead atoms. The van der Waals surface area contributed by atoms with E-state index < -0.39 is 4.92 Å². The average molecular weight is 261 g/mol. The van der Waals surface area contributed by atoms with E-state index in [1.807, 2.05) is 13.0 Å². The van der Waals surface area contributed by atoms with Gasteiger partial charge >= 0.3 is 5.82 Å². The summed E-state index contributed by atoms with van der Waals surface area (Å²) in [5.74, 6) is 0.640. The summed E-state index contributed by atoms with van der Waals surface area (Å²) in [5.41, 5.74) is 2.57. The topological polar surface area (TPSA) is 61.0 Å². The van der Waals surface area contributed by atoms with E-state index in [-0.39, 0.29) is 5.82 Å². The summed E-state index contributed by atoms with van der Waals surface area (Å²) >= 11 is 0. The van der Waals surface area contributed by atoms with Crippen LogP contribution in [0.5, 0.6) is 0 Å². The first-order chi connectivity index (χ1) is 9.08. The summed E-state index contributed by atoms with van der Waals surface area (Å²) < 4.78 is 1.50. The van der Waals surface area contributed by atoms with Crippen LogP contribution in [-0.2, 0) is 7.05 Å². The van der Waals surface area contributed by atoms with Gasteiger partial charge in [0.2, 0.25) is 5.82 Å². The van der Waals surface area contributed by atoms with Crippen LogP contribution in [0.4, 0.5) is 5.82 Å². The normalized spacial score (nSPS) is 16.5. The Balaban J connectivity index is 2.18. The maximum Gasteiger partial charge on any atom is 0.342 e. The molecule has 5 heteroatoms. The molecule has 102 valence electrons. The summed E-state index contributed by atoms with van der Waals surface area (Å²) in [6.07, 6.45) is 11.6. The van der Waals surface area contributed by atoms with Crippen molar-refractivity contribution in [3.05, 3.63) is 39.4 Å². The van der Waals surface area contributed by atoms with E-state index in [9.17, 15) is 10.1 Å². The molecule has 1 aliphatic rings. The lowest BCUT2D eigenvalue weighted by Crippen LogP contribution is -1.99. The highest BCUT2D eigenvalue weighted by atomic mass is 16.6. The molecule has 0 spiro atoms. The maximum atomic E-state index is 10.7. The zero-order valence-corrected chi connectivity index (χ0v) is 11.4. The van der Waals surface area contributed by atoms with Crippen LogP contribution in [0, 0.1) is 10.1 Å². The number of allylic oxidation sites excluding steroid dienone is 3. The van der Waals surface area contributed by atoms with Gasteiger partial charge in [-0.25, -0.2) is 9.55 Å². The van der Waals surface area contributed by atoms with E-state index in [1.165, 1.54) is 48.4 Å². The molecule has 1 aliphatic carbocycles. The summed E-state index contributed by atoms with van der Waals surface area (Å²) in [6, 6.07) is 0. The number of nitro groups is 1. The molecule has 5 nitrogen and oxygen atoms in total. The molecule has 1 heterocycles. The molecule has 1 aromatic heterocycles. The van der Waals surface area contributed by atoms with Crippen LogP contribution in [0.1, 0.15) is 44.9 Å². The van der Waals surface area contributed by atoms with E-state index in [4.69, 9.17) is 0 Å². The second-order valence-electron chi connectivity index (χ2n) is 5.04. The fraction of sp³-hybridized carbons (Fsp3) is 0.500.